The van der Waals surface area contributed by atoms with Crippen molar-refractivity contribution in [2.24, 2.45) is 0 Å². The van der Waals surface area contributed by atoms with Crippen molar-refractivity contribution in [1.29, 1.82) is 0 Å². The van der Waals surface area contributed by atoms with Crippen molar-refractivity contribution in [3.8, 4) is 16.9 Å². The molecule has 8 heteroatoms. The van der Waals surface area contributed by atoms with E-state index >= 15 is 0 Å². The number of hydrogen-bond donors (Lipinski definition) is 2. The van der Waals surface area contributed by atoms with E-state index < -0.39 is 9.84 Å². The molecule has 0 saturated heterocycles. The molecule has 0 amide bonds. The number of sulfone groups is 1. The third-order valence-corrected chi connectivity index (χ3v) is 6.65. The van der Waals surface area contributed by atoms with Gasteiger partial charge in [0.05, 0.1) is 16.2 Å². The molecule has 0 aliphatic heterocycles. The van der Waals surface area contributed by atoms with Gasteiger partial charge in [-0.2, -0.15) is 0 Å². The lowest BCUT2D eigenvalue weighted by molar-refractivity contribution is 0.402. The highest BCUT2D eigenvalue weighted by molar-refractivity contribution is 7.90. The Morgan fingerprint density at radius 1 is 1.00 bits per heavy atom. The maximum atomic E-state index is 12.6. The summed E-state index contributed by atoms with van der Waals surface area (Å²) in [5.41, 5.74) is 4.66. The fourth-order valence-electron chi connectivity index (χ4n) is 3.65. The first-order chi connectivity index (χ1) is 15.6. The van der Waals surface area contributed by atoms with Crippen LogP contribution in [-0.2, 0) is 16.4 Å². The Bertz CT molecular complexity index is 1440. The predicted octanol–water partition coefficient (Wildman–Crippen LogP) is 5.47. The third-order valence-electron chi connectivity index (χ3n) is 5.24. The summed E-state index contributed by atoms with van der Waals surface area (Å²) in [5, 5.41) is 14.0. The number of benzene rings is 3. The van der Waals surface area contributed by atoms with Gasteiger partial charge in [-0.05, 0) is 67.2 Å². The first-order valence-electron chi connectivity index (χ1n) is 10.2. The molecule has 6 nitrogen and oxygen atoms in total. The Balaban J connectivity index is 1.85. The number of fused-ring (bicyclic) bond motifs is 1. The number of aromatic hydroxyl groups is 1. The van der Waals surface area contributed by atoms with Crippen molar-refractivity contribution < 1.29 is 13.5 Å². The summed E-state index contributed by atoms with van der Waals surface area (Å²) in [5.74, 6) is 0.00213. The summed E-state index contributed by atoms with van der Waals surface area (Å²) in [7, 11) is 0.468. The smallest absolute Gasteiger partial charge is 0.179 e. The Labute approximate surface area is 198 Å². The zero-order chi connectivity index (χ0) is 23.8. The molecule has 0 fully saturated rings. The zero-order valence-electron chi connectivity index (χ0n) is 18.5. The van der Waals surface area contributed by atoms with E-state index in [2.05, 4.69) is 15.2 Å². The Kier molecular flexibility index (Phi) is 6.30. The average Bonchev–Trinajstić information content (AvgIpc) is 2.75. The van der Waals surface area contributed by atoms with Gasteiger partial charge < -0.3 is 15.3 Å². The summed E-state index contributed by atoms with van der Waals surface area (Å²) in [6.45, 7) is 0.811. The number of phenols is 1. The van der Waals surface area contributed by atoms with E-state index in [-0.39, 0.29) is 15.7 Å². The second-order valence-corrected chi connectivity index (χ2v) is 10.6. The number of halogens is 1. The van der Waals surface area contributed by atoms with Crippen molar-refractivity contribution in [1.82, 2.24) is 9.88 Å². The van der Waals surface area contributed by atoms with E-state index in [0.717, 1.165) is 28.9 Å². The van der Waals surface area contributed by atoms with Crippen LogP contribution in [0.1, 0.15) is 5.56 Å². The van der Waals surface area contributed by atoms with Gasteiger partial charge in [0.15, 0.2) is 9.84 Å². The highest BCUT2D eigenvalue weighted by Crippen LogP contribution is 2.36. The fourth-order valence-corrected chi connectivity index (χ4v) is 4.61. The van der Waals surface area contributed by atoms with Gasteiger partial charge in [-0.15, -0.1) is 0 Å². The standard InChI is InChI=1S/C25H24ClN3O3S/c1-29(2)15-16-4-8-19(9-5-16)28-25-20-12-17(18-7-11-23(30)21(26)13-18)6-10-22(20)27-14-24(25)33(3,31)32/h4-14,30H,15H2,1-3H3,(H,27,28). The van der Waals surface area contributed by atoms with Crippen LogP contribution in [0.5, 0.6) is 5.75 Å². The minimum Gasteiger partial charge on any atom is -0.506 e. The summed E-state index contributed by atoms with van der Waals surface area (Å²) >= 11 is 6.09. The van der Waals surface area contributed by atoms with E-state index in [1.807, 2.05) is 56.6 Å². The highest BCUT2D eigenvalue weighted by Gasteiger charge is 2.18. The lowest BCUT2D eigenvalue weighted by Crippen LogP contribution is -2.10. The van der Waals surface area contributed by atoms with Gasteiger partial charge in [-0.25, -0.2) is 8.42 Å². The molecule has 1 heterocycles. The van der Waals surface area contributed by atoms with Crippen LogP contribution in [-0.4, -0.2) is 43.8 Å². The fraction of sp³-hybridized carbons (Fsp3) is 0.160. The van der Waals surface area contributed by atoms with Crippen LogP contribution in [0.4, 0.5) is 11.4 Å². The largest absolute Gasteiger partial charge is 0.506 e. The Morgan fingerprint density at radius 3 is 2.30 bits per heavy atom. The summed E-state index contributed by atoms with van der Waals surface area (Å²) in [6.07, 6.45) is 2.56. The van der Waals surface area contributed by atoms with Gasteiger partial charge in [-0.1, -0.05) is 35.9 Å². The lowest BCUT2D eigenvalue weighted by Gasteiger charge is -2.16. The number of nitrogens with one attached hydrogen (secondary N) is 1. The molecular formula is C25H24ClN3O3S. The molecule has 0 radical (unpaired) electrons. The van der Waals surface area contributed by atoms with Crippen molar-refractivity contribution in [3.63, 3.8) is 0 Å². The molecule has 1 aromatic heterocycles. The molecule has 0 unspecified atom stereocenters. The van der Waals surface area contributed by atoms with E-state index in [4.69, 9.17) is 11.6 Å². The molecule has 0 atom stereocenters. The van der Waals surface area contributed by atoms with Crippen LogP contribution < -0.4 is 5.32 Å². The van der Waals surface area contributed by atoms with Crippen LogP contribution >= 0.6 is 11.6 Å². The number of phenolic OH excluding ortho intramolecular Hbond substituents is 1. The van der Waals surface area contributed by atoms with Gasteiger partial charge in [0.2, 0.25) is 0 Å². The minimum absolute atomic E-state index is 0.00213. The second-order valence-electron chi connectivity index (χ2n) is 8.23. The van der Waals surface area contributed by atoms with Crippen LogP contribution in [0.3, 0.4) is 0 Å². The topological polar surface area (TPSA) is 82.5 Å². The molecule has 0 aliphatic carbocycles. The van der Waals surface area contributed by atoms with Crippen LogP contribution in [0.2, 0.25) is 5.02 Å². The van der Waals surface area contributed by atoms with Crippen molar-refractivity contribution in [2.75, 3.05) is 25.7 Å². The Hall–Kier alpha value is -3.13. The third kappa shape index (κ3) is 5.11. The SMILES string of the molecule is CN(C)Cc1ccc(Nc2c(S(C)(=O)=O)cnc3ccc(-c4ccc(O)c(Cl)c4)cc23)cc1. The quantitative estimate of drug-likeness (QED) is 0.380. The predicted molar refractivity (Wildman–Crippen MR) is 134 cm³/mol. The number of anilines is 2. The van der Waals surface area contributed by atoms with E-state index in [1.165, 1.54) is 18.5 Å². The molecule has 3 aromatic carbocycles. The summed E-state index contributed by atoms with van der Waals surface area (Å²) < 4.78 is 25.1. The molecule has 0 aliphatic rings. The van der Waals surface area contributed by atoms with Gasteiger partial charge in [0.25, 0.3) is 0 Å². The first kappa shape index (κ1) is 23.0. The van der Waals surface area contributed by atoms with Gasteiger partial charge in [0.1, 0.15) is 10.6 Å². The molecule has 170 valence electrons. The van der Waals surface area contributed by atoms with E-state index in [0.29, 0.717) is 16.6 Å². The number of nitrogens with zero attached hydrogens (tertiary/aromatic N) is 2. The summed E-state index contributed by atoms with van der Waals surface area (Å²) in [4.78, 5) is 6.57. The number of rotatable bonds is 6. The number of pyridine rings is 1. The van der Waals surface area contributed by atoms with Gasteiger partial charge in [0, 0.05) is 30.1 Å². The Morgan fingerprint density at radius 2 is 1.67 bits per heavy atom. The van der Waals surface area contributed by atoms with Crippen LogP contribution in [0, 0.1) is 0 Å². The van der Waals surface area contributed by atoms with Crippen LogP contribution in [0.25, 0.3) is 22.0 Å². The molecule has 4 aromatic rings. The maximum absolute atomic E-state index is 12.6. The molecular weight excluding hydrogens is 458 g/mol. The normalized spacial score (nSPS) is 11.8. The van der Waals surface area contributed by atoms with Crippen molar-refractivity contribution in [2.45, 2.75) is 11.4 Å². The first-order valence-corrected chi connectivity index (χ1v) is 12.5. The van der Waals surface area contributed by atoms with E-state index in [9.17, 15) is 13.5 Å². The average molecular weight is 482 g/mol. The molecule has 0 bridgehead atoms. The molecule has 2 N–H and O–H groups in total. The van der Waals surface area contributed by atoms with Crippen molar-refractivity contribution >= 4 is 43.7 Å². The molecule has 0 spiro atoms. The van der Waals surface area contributed by atoms with E-state index in [1.54, 1.807) is 12.1 Å². The summed E-state index contributed by atoms with van der Waals surface area (Å²) in [6, 6.07) is 18.4. The monoisotopic (exact) mass is 481 g/mol. The lowest BCUT2D eigenvalue weighted by atomic mass is 10.0. The van der Waals surface area contributed by atoms with Crippen molar-refractivity contribution in [3.05, 3.63) is 77.4 Å². The highest BCUT2D eigenvalue weighted by atomic mass is 35.5. The van der Waals surface area contributed by atoms with Gasteiger partial charge in [-0.3, -0.25) is 4.98 Å². The minimum atomic E-state index is -3.54. The molecule has 4 rings (SSSR count). The molecule has 0 saturated carbocycles. The van der Waals surface area contributed by atoms with Crippen LogP contribution in [0.15, 0.2) is 71.8 Å². The zero-order valence-corrected chi connectivity index (χ0v) is 20.1. The molecule has 33 heavy (non-hydrogen) atoms. The number of aromatic nitrogens is 1. The van der Waals surface area contributed by atoms with Gasteiger partial charge >= 0.3 is 0 Å². The second kappa shape index (κ2) is 9.02. The maximum Gasteiger partial charge on any atom is 0.179 e. The number of hydrogen-bond acceptors (Lipinski definition) is 6.